The van der Waals surface area contributed by atoms with Crippen LogP contribution in [0.1, 0.15) is 43.5 Å². The molecule has 1 aromatic heterocycles. The number of carbonyl (C=O) groups excluding carboxylic acids is 2. The Morgan fingerprint density at radius 2 is 2.05 bits per heavy atom. The van der Waals surface area contributed by atoms with E-state index < -0.39 is 6.03 Å². The fourth-order valence-electron chi connectivity index (χ4n) is 2.04. The summed E-state index contributed by atoms with van der Waals surface area (Å²) in [6.45, 7) is 0. The predicted octanol–water partition coefficient (Wildman–Crippen LogP) is 1.04. The molecule has 2 N–H and O–H groups in total. The highest BCUT2D eigenvalue weighted by atomic mass is 32.2. The molecule has 2 aliphatic carbocycles. The van der Waals surface area contributed by atoms with Crippen LogP contribution < -0.4 is 10.6 Å². The second kappa shape index (κ2) is 5.43. The highest BCUT2D eigenvalue weighted by Crippen LogP contribution is 2.45. The number of imide groups is 1. The molecule has 0 spiro atoms. The van der Waals surface area contributed by atoms with Gasteiger partial charge in [-0.25, -0.2) is 4.79 Å². The lowest BCUT2D eigenvalue weighted by Crippen LogP contribution is -2.38. The van der Waals surface area contributed by atoms with Gasteiger partial charge in [-0.1, -0.05) is 11.8 Å². The van der Waals surface area contributed by atoms with E-state index in [9.17, 15) is 9.59 Å². The summed E-state index contributed by atoms with van der Waals surface area (Å²) in [7, 11) is 1.47. The predicted molar refractivity (Wildman–Crippen MR) is 73.6 cm³/mol. The number of amides is 3. The minimum absolute atomic E-state index is 0.170. The number of nitrogens with one attached hydrogen (secondary N) is 2. The van der Waals surface area contributed by atoms with Gasteiger partial charge in [0, 0.05) is 19.0 Å². The van der Waals surface area contributed by atoms with E-state index in [4.69, 9.17) is 0 Å². The van der Waals surface area contributed by atoms with Crippen molar-refractivity contribution >= 4 is 23.7 Å². The third-order valence-corrected chi connectivity index (χ3v) is 4.30. The molecule has 0 unspecified atom stereocenters. The first kappa shape index (κ1) is 13.4. The van der Waals surface area contributed by atoms with Gasteiger partial charge in [-0.15, -0.1) is 10.2 Å². The minimum Gasteiger partial charge on any atom is -0.341 e. The van der Waals surface area contributed by atoms with E-state index in [1.807, 2.05) is 0 Å². The van der Waals surface area contributed by atoms with Crippen molar-refractivity contribution in [1.29, 1.82) is 0 Å². The zero-order chi connectivity index (χ0) is 14.1. The molecular formula is C12H17N5O2S. The lowest BCUT2D eigenvalue weighted by Gasteiger charge is -2.07. The quantitative estimate of drug-likeness (QED) is 0.792. The molecule has 0 bridgehead atoms. The van der Waals surface area contributed by atoms with E-state index in [1.165, 1.54) is 31.7 Å². The Morgan fingerprint density at radius 1 is 1.30 bits per heavy atom. The molecule has 2 saturated carbocycles. The number of hydrogen-bond donors (Lipinski definition) is 2. The number of hydrogen-bond acceptors (Lipinski definition) is 5. The van der Waals surface area contributed by atoms with E-state index in [0.717, 1.165) is 23.8 Å². The van der Waals surface area contributed by atoms with Crippen LogP contribution in [0.2, 0.25) is 0 Å². The molecular weight excluding hydrogens is 278 g/mol. The number of urea groups is 1. The van der Waals surface area contributed by atoms with Gasteiger partial charge in [-0.2, -0.15) is 0 Å². The van der Waals surface area contributed by atoms with Crippen LogP contribution in [0, 0.1) is 0 Å². The second-order valence-electron chi connectivity index (χ2n) is 5.13. The standard InChI is InChI=1S/C12H17N5O2S/c1-13-11(19)14-9(18)6-20-12-16-15-10(7-2-3-7)17(12)8-4-5-8/h7-8H,2-6H2,1H3,(H2,13,14,18,19). The maximum Gasteiger partial charge on any atom is 0.321 e. The summed E-state index contributed by atoms with van der Waals surface area (Å²) in [5, 5.41) is 13.9. The zero-order valence-corrected chi connectivity index (χ0v) is 12.1. The van der Waals surface area contributed by atoms with Gasteiger partial charge in [-0.05, 0) is 25.7 Å². The maximum absolute atomic E-state index is 11.6. The molecule has 1 heterocycles. The third kappa shape index (κ3) is 2.95. The number of rotatable bonds is 5. The van der Waals surface area contributed by atoms with Crippen molar-refractivity contribution in [3.8, 4) is 0 Å². The molecule has 0 aromatic carbocycles. The first-order valence-corrected chi connectivity index (χ1v) is 7.76. The van der Waals surface area contributed by atoms with E-state index in [0.29, 0.717) is 12.0 Å². The Morgan fingerprint density at radius 3 is 2.65 bits per heavy atom. The molecule has 0 saturated heterocycles. The number of thioether (sulfide) groups is 1. The molecule has 0 atom stereocenters. The molecule has 2 fully saturated rings. The Hall–Kier alpha value is -1.57. The van der Waals surface area contributed by atoms with E-state index in [1.54, 1.807) is 0 Å². The molecule has 3 rings (SSSR count). The zero-order valence-electron chi connectivity index (χ0n) is 11.3. The molecule has 108 valence electrons. The summed E-state index contributed by atoms with van der Waals surface area (Å²) in [5.41, 5.74) is 0. The van der Waals surface area contributed by atoms with Gasteiger partial charge in [0.1, 0.15) is 5.82 Å². The van der Waals surface area contributed by atoms with Gasteiger partial charge in [-0.3, -0.25) is 10.1 Å². The van der Waals surface area contributed by atoms with Gasteiger partial charge >= 0.3 is 6.03 Å². The summed E-state index contributed by atoms with van der Waals surface area (Å²) >= 11 is 1.34. The van der Waals surface area contributed by atoms with Gasteiger partial charge in [0.15, 0.2) is 5.16 Å². The summed E-state index contributed by atoms with van der Waals surface area (Å²) in [6.07, 6.45) is 4.70. The molecule has 2 aliphatic rings. The Bertz CT molecular complexity index is 536. The topological polar surface area (TPSA) is 88.9 Å². The second-order valence-corrected chi connectivity index (χ2v) is 6.07. The fourth-order valence-corrected chi connectivity index (χ4v) is 2.85. The van der Waals surface area contributed by atoms with Crippen molar-refractivity contribution in [3.63, 3.8) is 0 Å². The van der Waals surface area contributed by atoms with Gasteiger partial charge in [0.2, 0.25) is 5.91 Å². The monoisotopic (exact) mass is 295 g/mol. The van der Waals surface area contributed by atoms with E-state index in [2.05, 4.69) is 25.4 Å². The SMILES string of the molecule is CNC(=O)NC(=O)CSc1nnc(C2CC2)n1C1CC1. The summed E-state index contributed by atoms with van der Waals surface area (Å²) in [5.74, 6) is 1.47. The summed E-state index contributed by atoms with van der Waals surface area (Å²) < 4.78 is 2.19. The van der Waals surface area contributed by atoms with Crippen molar-refractivity contribution in [1.82, 2.24) is 25.4 Å². The van der Waals surface area contributed by atoms with Crippen LogP contribution in [0.4, 0.5) is 4.79 Å². The molecule has 3 amide bonds. The first-order chi connectivity index (χ1) is 9.69. The molecule has 7 nitrogen and oxygen atoms in total. The van der Waals surface area contributed by atoms with Crippen molar-refractivity contribution in [2.45, 2.75) is 42.8 Å². The lowest BCUT2D eigenvalue weighted by atomic mass is 10.4. The van der Waals surface area contributed by atoms with Crippen LogP contribution in [0.25, 0.3) is 0 Å². The maximum atomic E-state index is 11.6. The largest absolute Gasteiger partial charge is 0.341 e. The number of carbonyl (C=O) groups is 2. The van der Waals surface area contributed by atoms with Crippen LogP contribution >= 0.6 is 11.8 Å². The lowest BCUT2D eigenvalue weighted by molar-refractivity contribution is -0.117. The fraction of sp³-hybridized carbons (Fsp3) is 0.667. The van der Waals surface area contributed by atoms with Gasteiger partial charge in [0.25, 0.3) is 0 Å². The van der Waals surface area contributed by atoms with Gasteiger partial charge < -0.3 is 9.88 Å². The Labute approximate surface area is 120 Å². The van der Waals surface area contributed by atoms with Crippen molar-refractivity contribution in [2.24, 2.45) is 0 Å². The van der Waals surface area contributed by atoms with Crippen LogP contribution in [0.15, 0.2) is 5.16 Å². The first-order valence-electron chi connectivity index (χ1n) is 6.78. The van der Waals surface area contributed by atoms with Crippen molar-refractivity contribution in [3.05, 3.63) is 5.82 Å². The molecule has 20 heavy (non-hydrogen) atoms. The number of nitrogens with zero attached hydrogens (tertiary/aromatic N) is 3. The normalized spacial score (nSPS) is 17.9. The highest BCUT2D eigenvalue weighted by molar-refractivity contribution is 7.99. The third-order valence-electron chi connectivity index (χ3n) is 3.36. The molecule has 1 aromatic rings. The van der Waals surface area contributed by atoms with Crippen LogP contribution in [0.5, 0.6) is 0 Å². The Kier molecular flexibility index (Phi) is 3.64. The smallest absolute Gasteiger partial charge is 0.321 e. The number of aromatic nitrogens is 3. The average Bonchev–Trinajstić information content (AvgIpc) is 3.35. The summed E-state index contributed by atoms with van der Waals surface area (Å²) in [6, 6.07) is 0.0167. The molecule has 0 aliphatic heterocycles. The Balaban J connectivity index is 1.62. The van der Waals surface area contributed by atoms with Crippen LogP contribution in [0.3, 0.4) is 0 Å². The summed E-state index contributed by atoms with van der Waals surface area (Å²) in [4.78, 5) is 22.6. The molecule has 0 radical (unpaired) electrons. The minimum atomic E-state index is -0.488. The van der Waals surface area contributed by atoms with Crippen LogP contribution in [-0.2, 0) is 4.79 Å². The van der Waals surface area contributed by atoms with Gasteiger partial charge in [0.05, 0.1) is 5.75 Å². The van der Waals surface area contributed by atoms with Crippen molar-refractivity contribution in [2.75, 3.05) is 12.8 Å². The molecule has 8 heteroatoms. The van der Waals surface area contributed by atoms with E-state index in [-0.39, 0.29) is 11.7 Å². The van der Waals surface area contributed by atoms with E-state index >= 15 is 0 Å². The highest BCUT2D eigenvalue weighted by Gasteiger charge is 2.36. The van der Waals surface area contributed by atoms with Crippen LogP contribution in [-0.4, -0.2) is 39.5 Å². The average molecular weight is 295 g/mol. The van der Waals surface area contributed by atoms with Crippen molar-refractivity contribution < 1.29 is 9.59 Å².